The number of hydrogen-bond acceptors (Lipinski definition) is 4. The van der Waals surface area contributed by atoms with Gasteiger partial charge in [0.15, 0.2) is 0 Å². The third-order valence-corrected chi connectivity index (χ3v) is 5.70. The Hall–Kier alpha value is -3.18. The Labute approximate surface area is 168 Å². The highest BCUT2D eigenvalue weighted by Gasteiger charge is 2.11. The molecule has 0 aliphatic carbocycles. The van der Waals surface area contributed by atoms with E-state index in [0.29, 0.717) is 5.56 Å². The van der Waals surface area contributed by atoms with Crippen LogP contribution in [-0.4, -0.2) is 25.0 Å². The third kappa shape index (κ3) is 3.62. The van der Waals surface area contributed by atoms with Gasteiger partial charge in [-0.05, 0) is 61.0 Å². The van der Waals surface area contributed by atoms with Gasteiger partial charge in [0.05, 0.1) is 10.2 Å². The van der Waals surface area contributed by atoms with Crippen LogP contribution in [0.15, 0.2) is 66.7 Å². The Morgan fingerprint density at radius 1 is 1.00 bits per heavy atom. The van der Waals surface area contributed by atoms with Crippen molar-refractivity contribution in [3.05, 3.63) is 77.9 Å². The molecule has 0 radical (unpaired) electrons. The number of thiazole rings is 1. The Balaban J connectivity index is 1.57. The van der Waals surface area contributed by atoms with E-state index < -0.39 is 0 Å². The molecule has 4 rings (SSSR count). The molecule has 0 spiro atoms. The SMILES string of the molecule is Cc1cc(NC(=O)c2cccc(N(C)C)c2)ccc1-c1nc2ccccc2s1. The zero-order valence-corrected chi connectivity index (χ0v) is 16.9. The van der Waals surface area contributed by atoms with Crippen LogP contribution in [0.1, 0.15) is 15.9 Å². The van der Waals surface area contributed by atoms with Crippen LogP contribution in [0.5, 0.6) is 0 Å². The highest BCUT2D eigenvalue weighted by atomic mass is 32.1. The summed E-state index contributed by atoms with van der Waals surface area (Å²) >= 11 is 1.68. The fraction of sp³-hybridized carbons (Fsp3) is 0.130. The summed E-state index contributed by atoms with van der Waals surface area (Å²) in [5.41, 5.74) is 5.60. The molecule has 4 nitrogen and oxygen atoms in total. The molecule has 0 aliphatic heterocycles. The number of carbonyl (C=O) groups excluding carboxylic acids is 1. The number of benzene rings is 3. The molecular formula is C23H21N3OS. The average molecular weight is 388 g/mol. The molecule has 4 aromatic rings. The van der Waals surface area contributed by atoms with E-state index in [1.54, 1.807) is 11.3 Å². The van der Waals surface area contributed by atoms with Crippen LogP contribution in [0, 0.1) is 6.92 Å². The molecule has 0 fully saturated rings. The standard InChI is InChI=1S/C23H21N3OS/c1-15-13-17(24-22(27)16-7-6-8-18(14-16)26(2)3)11-12-19(15)23-25-20-9-4-5-10-21(20)28-23/h4-14H,1-3H3,(H,24,27). The van der Waals surface area contributed by atoms with Crippen molar-refractivity contribution in [3.63, 3.8) is 0 Å². The number of anilines is 2. The number of carbonyl (C=O) groups is 1. The minimum atomic E-state index is -0.115. The van der Waals surface area contributed by atoms with Gasteiger partial charge < -0.3 is 10.2 Å². The summed E-state index contributed by atoms with van der Waals surface area (Å²) in [5, 5.41) is 3.99. The summed E-state index contributed by atoms with van der Waals surface area (Å²) in [6.45, 7) is 2.05. The zero-order chi connectivity index (χ0) is 19.7. The predicted molar refractivity (Wildman–Crippen MR) is 119 cm³/mol. The van der Waals surface area contributed by atoms with Gasteiger partial charge in [-0.2, -0.15) is 0 Å². The number of fused-ring (bicyclic) bond motifs is 1. The van der Waals surface area contributed by atoms with Crippen molar-refractivity contribution in [2.24, 2.45) is 0 Å². The topological polar surface area (TPSA) is 45.2 Å². The molecule has 0 bridgehead atoms. The van der Waals surface area contributed by atoms with E-state index in [4.69, 9.17) is 4.98 Å². The molecule has 1 N–H and O–H groups in total. The van der Waals surface area contributed by atoms with Crippen LogP contribution in [0.4, 0.5) is 11.4 Å². The van der Waals surface area contributed by atoms with Crippen LogP contribution >= 0.6 is 11.3 Å². The van der Waals surface area contributed by atoms with E-state index >= 15 is 0 Å². The molecule has 0 saturated heterocycles. The summed E-state index contributed by atoms with van der Waals surface area (Å²) in [7, 11) is 3.92. The number of aromatic nitrogens is 1. The maximum absolute atomic E-state index is 12.6. The number of aryl methyl sites for hydroxylation is 1. The molecule has 140 valence electrons. The fourth-order valence-electron chi connectivity index (χ4n) is 3.10. The second kappa shape index (κ2) is 7.44. The van der Waals surface area contributed by atoms with E-state index in [0.717, 1.165) is 33.0 Å². The van der Waals surface area contributed by atoms with E-state index in [2.05, 4.69) is 11.4 Å². The molecule has 0 saturated carbocycles. The number of nitrogens with zero attached hydrogens (tertiary/aromatic N) is 2. The number of nitrogens with one attached hydrogen (secondary N) is 1. The lowest BCUT2D eigenvalue weighted by atomic mass is 10.1. The van der Waals surface area contributed by atoms with Crippen molar-refractivity contribution in [1.82, 2.24) is 4.98 Å². The van der Waals surface area contributed by atoms with Gasteiger partial charge in [-0.25, -0.2) is 4.98 Å². The Bertz CT molecular complexity index is 1130. The highest BCUT2D eigenvalue weighted by Crippen LogP contribution is 2.33. The van der Waals surface area contributed by atoms with Gasteiger partial charge in [0.2, 0.25) is 0 Å². The molecule has 3 aromatic carbocycles. The largest absolute Gasteiger partial charge is 0.378 e. The van der Waals surface area contributed by atoms with E-state index in [1.807, 2.05) is 86.6 Å². The molecule has 1 aromatic heterocycles. The third-order valence-electron chi connectivity index (χ3n) is 4.63. The summed E-state index contributed by atoms with van der Waals surface area (Å²) in [6.07, 6.45) is 0. The number of hydrogen-bond donors (Lipinski definition) is 1. The number of para-hydroxylation sites is 1. The molecule has 0 unspecified atom stereocenters. The van der Waals surface area contributed by atoms with Crippen molar-refractivity contribution in [3.8, 4) is 10.6 Å². The van der Waals surface area contributed by atoms with Gasteiger partial charge in [-0.15, -0.1) is 11.3 Å². The average Bonchev–Trinajstić information content (AvgIpc) is 3.12. The fourth-order valence-corrected chi connectivity index (χ4v) is 4.15. The number of amides is 1. The lowest BCUT2D eigenvalue weighted by Gasteiger charge is -2.14. The van der Waals surface area contributed by atoms with Crippen LogP contribution in [0.3, 0.4) is 0 Å². The summed E-state index contributed by atoms with van der Waals surface area (Å²) in [6, 6.07) is 21.7. The first-order valence-electron chi connectivity index (χ1n) is 9.06. The van der Waals surface area contributed by atoms with Crippen LogP contribution in [0.2, 0.25) is 0 Å². The molecule has 28 heavy (non-hydrogen) atoms. The van der Waals surface area contributed by atoms with Crippen LogP contribution in [-0.2, 0) is 0 Å². The second-order valence-electron chi connectivity index (χ2n) is 6.92. The normalized spacial score (nSPS) is 10.8. The van der Waals surface area contributed by atoms with Crippen molar-refractivity contribution in [2.45, 2.75) is 6.92 Å². The Morgan fingerprint density at radius 3 is 2.57 bits per heavy atom. The lowest BCUT2D eigenvalue weighted by molar-refractivity contribution is 0.102. The van der Waals surface area contributed by atoms with E-state index in [1.165, 1.54) is 4.70 Å². The first-order valence-corrected chi connectivity index (χ1v) is 9.88. The Morgan fingerprint density at radius 2 is 1.82 bits per heavy atom. The molecule has 1 heterocycles. The van der Waals surface area contributed by atoms with Crippen molar-refractivity contribution >= 4 is 38.8 Å². The summed E-state index contributed by atoms with van der Waals surface area (Å²) in [5.74, 6) is -0.115. The molecule has 0 atom stereocenters. The smallest absolute Gasteiger partial charge is 0.255 e. The number of rotatable bonds is 4. The van der Waals surface area contributed by atoms with Gasteiger partial charge in [0.1, 0.15) is 5.01 Å². The van der Waals surface area contributed by atoms with Gasteiger partial charge in [0, 0.05) is 36.6 Å². The maximum Gasteiger partial charge on any atom is 0.255 e. The van der Waals surface area contributed by atoms with Gasteiger partial charge in [-0.1, -0.05) is 18.2 Å². The summed E-state index contributed by atoms with van der Waals surface area (Å²) < 4.78 is 1.18. The first-order chi connectivity index (χ1) is 13.5. The first kappa shape index (κ1) is 18.2. The minimum absolute atomic E-state index is 0.115. The van der Waals surface area contributed by atoms with E-state index in [-0.39, 0.29) is 5.91 Å². The van der Waals surface area contributed by atoms with Gasteiger partial charge in [-0.3, -0.25) is 4.79 Å². The molecule has 0 aliphatic rings. The quantitative estimate of drug-likeness (QED) is 0.496. The highest BCUT2D eigenvalue weighted by molar-refractivity contribution is 7.21. The van der Waals surface area contributed by atoms with Crippen LogP contribution in [0.25, 0.3) is 20.8 Å². The zero-order valence-electron chi connectivity index (χ0n) is 16.1. The van der Waals surface area contributed by atoms with Crippen molar-refractivity contribution in [1.29, 1.82) is 0 Å². The van der Waals surface area contributed by atoms with Crippen molar-refractivity contribution in [2.75, 3.05) is 24.3 Å². The summed E-state index contributed by atoms with van der Waals surface area (Å²) in [4.78, 5) is 19.3. The maximum atomic E-state index is 12.6. The molecule has 1 amide bonds. The van der Waals surface area contributed by atoms with Gasteiger partial charge >= 0.3 is 0 Å². The monoisotopic (exact) mass is 387 g/mol. The lowest BCUT2D eigenvalue weighted by Crippen LogP contribution is -2.14. The molecule has 5 heteroatoms. The predicted octanol–water partition coefficient (Wildman–Crippen LogP) is 5.59. The van der Waals surface area contributed by atoms with Crippen molar-refractivity contribution < 1.29 is 4.79 Å². The second-order valence-corrected chi connectivity index (χ2v) is 7.95. The minimum Gasteiger partial charge on any atom is -0.378 e. The Kier molecular flexibility index (Phi) is 4.84. The van der Waals surface area contributed by atoms with Crippen LogP contribution < -0.4 is 10.2 Å². The molecular weight excluding hydrogens is 366 g/mol. The van der Waals surface area contributed by atoms with E-state index in [9.17, 15) is 4.79 Å². The van der Waals surface area contributed by atoms with Gasteiger partial charge in [0.25, 0.3) is 5.91 Å².